The molecule has 2 rings (SSSR count). The van der Waals surface area contributed by atoms with E-state index < -0.39 is 49.3 Å². The van der Waals surface area contributed by atoms with Crippen LogP contribution in [0.15, 0.2) is 36.6 Å². The predicted molar refractivity (Wildman–Crippen MR) is 146 cm³/mol. The summed E-state index contributed by atoms with van der Waals surface area (Å²) in [7, 11) is 0. The van der Waals surface area contributed by atoms with Gasteiger partial charge in [-0.1, -0.05) is 69.8 Å². The molecule has 0 aromatic carbocycles. The maximum absolute atomic E-state index is 14.5. The highest BCUT2D eigenvalue weighted by Crippen LogP contribution is 2.38. The van der Waals surface area contributed by atoms with Crippen molar-refractivity contribution in [3.8, 4) is 0 Å². The third-order valence-corrected chi connectivity index (χ3v) is 6.64. The van der Waals surface area contributed by atoms with Crippen LogP contribution in [-0.4, -0.2) is 65.8 Å². The summed E-state index contributed by atoms with van der Waals surface area (Å²) >= 11 is 0. The number of carbonyl (C=O) groups is 2. The van der Waals surface area contributed by atoms with Crippen LogP contribution < -0.4 is 16.4 Å². The van der Waals surface area contributed by atoms with Crippen molar-refractivity contribution in [2.75, 3.05) is 13.2 Å². The fourth-order valence-corrected chi connectivity index (χ4v) is 4.32. The Hall–Kier alpha value is -2.50. The van der Waals surface area contributed by atoms with Crippen LogP contribution in [0.1, 0.15) is 84.0 Å². The second kappa shape index (κ2) is 18.0. The van der Waals surface area contributed by atoms with E-state index in [1.165, 1.54) is 44.6 Å². The molecular weight excluding hydrogens is 510 g/mol. The predicted octanol–water partition coefficient (Wildman–Crippen LogP) is 5.07. The first kappa shape index (κ1) is 32.7. The summed E-state index contributed by atoms with van der Waals surface area (Å²) in [5, 5.41) is 14.9. The number of carbonyl (C=O) groups excluding carboxylic acids is 2. The number of unbranched alkanes of at least 4 members (excludes halogenated alkanes) is 9. The van der Waals surface area contributed by atoms with Gasteiger partial charge < -0.3 is 30.9 Å². The van der Waals surface area contributed by atoms with E-state index in [0.717, 1.165) is 44.7 Å². The second-order valence-electron chi connectivity index (χ2n) is 9.98. The van der Waals surface area contributed by atoms with Gasteiger partial charge >= 0.3 is 18.0 Å². The van der Waals surface area contributed by atoms with Crippen molar-refractivity contribution in [3.05, 3.63) is 36.6 Å². The van der Waals surface area contributed by atoms with E-state index in [1.54, 1.807) is 0 Å². The van der Waals surface area contributed by atoms with Gasteiger partial charge in [-0.2, -0.15) is 8.78 Å². The maximum atomic E-state index is 14.5. The van der Waals surface area contributed by atoms with Gasteiger partial charge in [0, 0.05) is 12.7 Å². The zero-order chi connectivity index (χ0) is 28.5. The molecule has 0 spiro atoms. The number of alkyl halides is 2. The zero-order valence-corrected chi connectivity index (χ0v) is 23.0. The standard InChI is InChI=1S/C28H46F2N4O5/c1-2-3-4-5-6-7-8-9-10-11-12-13-14-15-16-17-19-32-27(37)38-21-22-24(35)28(29,30)25(39-22)34-20-18-23(31)33-26(34)36/h6-7,9-10,18,20,22-25,35H,2-5,8,11-17,19,21,31H2,1H3,(H,32,37)(H,33,36)/t22?,23?,24-,25-/m1/s1. The lowest BCUT2D eigenvalue weighted by molar-refractivity contribution is -0.145. The number of aliphatic hydroxyl groups is 1. The van der Waals surface area contributed by atoms with Crippen molar-refractivity contribution in [3.63, 3.8) is 0 Å². The van der Waals surface area contributed by atoms with Crippen LogP contribution in [0.25, 0.3) is 0 Å². The van der Waals surface area contributed by atoms with Crippen molar-refractivity contribution < 1.29 is 33.0 Å². The molecular formula is C28H46F2N4O5. The van der Waals surface area contributed by atoms with Gasteiger partial charge in [0.1, 0.15) is 12.7 Å². The fourth-order valence-electron chi connectivity index (χ4n) is 4.32. The van der Waals surface area contributed by atoms with Gasteiger partial charge in [0.05, 0.1) is 6.17 Å². The number of hydrogen-bond donors (Lipinski definition) is 4. The van der Waals surface area contributed by atoms with Crippen LogP contribution in [0.2, 0.25) is 0 Å². The molecule has 4 atom stereocenters. The van der Waals surface area contributed by atoms with E-state index >= 15 is 0 Å². The van der Waals surface area contributed by atoms with Crippen LogP contribution >= 0.6 is 0 Å². The summed E-state index contributed by atoms with van der Waals surface area (Å²) < 4.78 is 39.2. The van der Waals surface area contributed by atoms with Gasteiger partial charge in [0.2, 0.25) is 6.23 Å². The molecule has 11 heteroatoms. The summed E-state index contributed by atoms with van der Waals surface area (Å²) in [6, 6.07) is -0.880. The Morgan fingerprint density at radius 1 is 1.13 bits per heavy atom. The molecule has 5 N–H and O–H groups in total. The number of nitrogens with zero attached hydrogens (tertiary/aromatic N) is 1. The Kier molecular flexibility index (Phi) is 15.1. The third-order valence-electron chi connectivity index (χ3n) is 6.64. The minimum absolute atomic E-state index is 0.402. The number of alkyl carbamates (subject to hydrolysis) is 1. The molecule has 2 aliphatic rings. The molecule has 0 aliphatic carbocycles. The second-order valence-corrected chi connectivity index (χ2v) is 9.98. The molecule has 2 aliphatic heterocycles. The Morgan fingerprint density at radius 2 is 1.77 bits per heavy atom. The Bertz CT molecular complexity index is 824. The molecule has 1 fully saturated rings. The highest BCUT2D eigenvalue weighted by molar-refractivity contribution is 5.77. The molecule has 0 bridgehead atoms. The lowest BCUT2D eigenvalue weighted by Crippen LogP contribution is -2.57. The van der Waals surface area contributed by atoms with E-state index in [1.807, 2.05) is 0 Å². The van der Waals surface area contributed by atoms with E-state index in [4.69, 9.17) is 15.2 Å². The number of amides is 3. The fraction of sp³-hybridized carbons (Fsp3) is 0.714. The Labute approximate surface area is 230 Å². The van der Waals surface area contributed by atoms with Crippen molar-refractivity contribution in [2.45, 2.75) is 114 Å². The largest absolute Gasteiger partial charge is 0.447 e. The van der Waals surface area contributed by atoms with Gasteiger partial charge in [0.15, 0.2) is 6.10 Å². The minimum atomic E-state index is -3.77. The maximum Gasteiger partial charge on any atom is 0.407 e. The molecule has 39 heavy (non-hydrogen) atoms. The first-order valence-electron chi connectivity index (χ1n) is 14.2. The topological polar surface area (TPSA) is 126 Å². The quantitative estimate of drug-likeness (QED) is 0.138. The summed E-state index contributed by atoms with van der Waals surface area (Å²) in [6.45, 7) is 2.04. The number of hydrogen-bond acceptors (Lipinski definition) is 6. The molecule has 2 heterocycles. The van der Waals surface area contributed by atoms with Crippen LogP contribution in [0.5, 0.6) is 0 Å². The number of rotatable bonds is 18. The number of allylic oxidation sites excluding steroid dienone is 4. The van der Waals surface area contributed by atoms with Crippen LogP contribution in [0.4, 0.5) is 18.4 Å². The summed E-state index contributed by atoms with van der Waals surface area (Å²) in [5.74, 6) is -3.77. The molecule has 0 radical (unpaired) electrons. The number of halogens is 2. The van der Waals surface area contributed by atoms with Crippen molar-refractivity contribution >= 4 is 12.1 Å². The van der Waals surface area contributed by atoms with E-state index in [9.17, 15) is 23.5 Å². The van der Waals surface area contributed by atoms with Gasteiger partial charge in [0.25, 0.3) is 0 Å². The average molecular weight is 557 g/mol. The number of nitrogens with one attached hydrogen (secondary N) is 2. The number of nitrogens with two attached hydrogens (primary N) is 1. The molecule has 3 amide bonds. The average Bonchev–Trinajstić information content (AvgIpc) is 3.12. The monoisotopic (exact) mass is 556 g/mol. The smallest absolute Gasteiger partial charge is 0.407 e. The van der Waals surface area contributed by atoms with E-state index in [-0.39, 0.29) is 0 Å². The van der Waals surface area contributed by atoms with Crippen molar-refractivity contribution in [1.82, 2.24) is 15.5 Å². The van der Waals surface area contributed by atoms with Crippen molar-refractivity contribution in [1.29, 1.82) is 0 Å². The lowest BCUT2D eigenvalue weighted by atomic mass is 10.1. The molecule has 0 saturated carbocycles. The van der Waals surface area contributed by atoms with Crippen molar-refractivity contribution in [2.24, 2.45) is 5.73 Å². The van der Waals surface area contributed by atoms with Gasteiger partial charge in [-0.15, -0.1) is 0 Å². The molecule has 1 saturated heterocycles. The zero-order valence-electron chi connectivity index (χ0n) is 23.0. The first-order chi connectivity index (χ1) is 18.8. The number of urea groups is 1. The Balaban J connectivity index is 1.49. The summed E-state index contributed by atoms with van der Waals surface area (Å²) in [4.78, 5) is 24.5. The molecule has 2 unspecified atom stereocenters. The summed E-state index contributed by atoms with van der Waals surface area (Å²) in [6.07, 6.45) is 17.4. The molecule has 0 aromatic rings. The van der Waals surface area contributed by atoms with E-state index in [0.29, 0.717) is 11.4 Å². The van der Waals surface area contributed by atoms with Gasteiger partial charge in [-0.3, -0.25) is 4.90 Å². The van der Waals surface area contributed by atoms with Crippen LogP contribution in [0.3, 0.4) is 0 Å². The highest BCUT2D eigenvalue weighted by atomic mass is 19.3. The molecule has 222 valence electrons. The molecule has 9 nitrogen and oxygen atoms in total. The van der Waals surface area contributed by atoms with Gasteiger partial charge in [-0.25, -0.2) is 9.59 Å². The lowest BCUT2D eigenvalue weighted by Gasteiger charge is -2.32. The Morgan fingerprint density at radius 3 is 2.44 bits per heavy atom. The normalized spacial score (nSPS) is 24.5. The SMILES string of the molecule is CCCCCC=CCC=CCCCCCCCCNC(=O)OCC1O[C@@H](N2C=CC(N)NC2=O)C(F)(F)[C@@H]1O. The summed E-state index contributed by atoms with van der Waals surface area (Å²) in [5.41, 5.74) is 5.52. The highest BCUT2D eigenvalue weighted by Gasteiger charge is 2.61. The number of aliphatic hydroxyl groups excluding tert-OH is 1. The third kappa shape index (κ3) is 11.6. The minimum Gasteiger partial charge on any atom is -0.447 e. The van der Waals surface area contributed by atoms with Gasteiger partial charge in [-0.05, 0) is 44.6 Å². The molecule has 0 aromatic heterocycles. The van der Waals surface area contributed by atoms with Crippen LogP contribution in [-0.2, 0) is 9.47 Å². The van der Waals surface area contributed by atoms with E-state index in [2.05, 4.69) is 41.9 Å². The van der Waals surface area contributed by atoms with Crippen LogP contribution in [0, 0.1) is 0 Å². The number of ether oxygens (including phenoxy) is 2. The first-order valence-corrected chi connectivity index (χ1v) is 14.2.